The fourth-order valence-corrected chi connectivity index (χ4v) is 3.51. The van der Waals surface area contributed by atoms with E-state index in [9.17, 15) is 20.0 Å². The highest BCUT2D eigenvalue weighted by Gasteiger charge is 2.24. The van der Waals surface area contributed by atoms with Gasteiger partial charge in [0.05, 0.1) is 22.1 Å². The SMILES string of the molecule is O=C1N=c2ccccc2=C1c1sc(N/N=C/c2ccc([N+](=O)[O-])cc2)nc1O. The Morgan fingerprint density at radius 3 is 2.68 bits per heavy atom. The number of amides is 1. The lowest BCUT2D eigenvalue weighted by molar-refractivity contribution is -0.384. The Labute approximate surface area is 161 Å². The number of fused-ring (bicyclic) bond motifs is 1. The van der Waals surface area contributed by atoms with Gasteiger partial charge in [0.25, 0.3) is 11.6 Å². The third-order valence-electron chi connectivity index (χ3n) is 3.92. The predicted octanol–water partition coefficient (Wildman–Crippen LogP) is 1.56. The number of benzene rings is 2. The Hall–Kier alpha value is -3.92. The first-order valence-corrected chi connectivity index (χ1v) is 8.80. The predicted molar refractivity (Wildman–Crippen MR) is 103 cm³/mol. The quantitative estimate of drug-likeness (QED) is 0.384. The molecule has 0 unspecified atom stereocenters. The third-order valence-corrected chi connectivity index (χ3v) is 4.89. The van der Waals surface area contributed by atoms with Gasteiger partial charge in [-0.2, -0.15) is 10.1 Å². The minimum absolute atomic E-state index is 0.0106. The van der Waals surface area contributed by atoms with Crippen LogP contribution in [0, 0.1) is 10.1 Å². The number of thiazole rings is 1. The lowest BCUT2D eigenvalue weighted by Gasteiger charge is -1.95. The fraction of sp³-hybridized carbons (Fsp3) is 0. The number of carbonyl (C=O) groups excluding carboxylic acids is 1. The monoisotopic (exact) mass is 393 g/mol. The lowest BCUT2D eigenvalue weighted by atomic mass is 10.1. The first-order chi connectivity index (χ1) is 13.5. The zero-order valence-corrected chi connectivity index (χ0v) is 14.9. The Bertz CT molecular complexity index is 1250. The summed E-state index contributed by atoms with van der Waals surface area (Å²) in [5.41, 5.74) is 3.62. The molecule has 138 valence electrons. The molecule has 0 radical (unpaired) electrons. The average molecular weight is 393 g/mol. The van der Waals surface area contributed by atoms with Gasteiger partial charge >= 0.3 is 0 Å². The maximum atomic E-state index is 12.2. The van der Waals surface area contributed by atoms with Crippen LogP contribution in [0.5, 0.6) is 5.88 Å². The van der Waals surface area contributed by atoms with Gasteiger partial charge in [-0.3, -0.25) is 20.3 Å². The van der Waals surface area contributed by atoms with Crippen LogP contribution in [0.1, 0.15) is 10.4 Å². The van der Waals surface area contributed by atoms with Crippen molar-refractivity contribution < 1.29 is 14.8 Å². The largest absolute Gasteiger partial charge is 0.492 e. The molecule has 2 N–H and O–H groups in total. The molecule has 0 spiro atoms. The van der Waals surface area contributed by atoms with Crippen molar-refractivity contribution in [2.45, 2.75) is 0 Å². The first-order valence-electron chi connectivity index (χ1n) is 7.99. The zero-order chi connectivity index (χ0) is 19.7. The number of para-hydroxylation sites is 1. The molecule has 3 aromatic rings. The van der Waals surface area contributed by atoms with E-state index in [-0.39, 0.29) is 16.7 Å². The van der Waals surface area contributed by atoms with Crippen molar-refractivity contribution >= 4 is 39.9 Å². The number of nitro groups is 1. The van der Waals surface area contributed by atoms with Gasteiger partial charge in [-0.05, 0) is 23.8 Å². The summed E-state index contributed by atoms with van der Waals surface area (Å²) in [6.45, 7) is 0. The van der Waals surface area contributed by atoms with Crippen LogP contribution in [0.15, 0.2) is 58.6 Å². The number of nitrogens with one attached hydrogen (secondary N) is 1. The molecule has 1 aliphatic heterocycles. The van der Waals surface area contributed by atoms with Gasteiger partial charge in [-0.25, -0.2) is 4.99 Å². The zero-order valence-electron chi connectivity index (χ0n) is 14.1. The average Bonchev–Trinajstić information content (AvgIpc) is 3.20. The van der Waals surface area contributed by atoms with E-state index >= 15 is 0 Å². The summed E-state index contributed by atoms with van der Waals surface area (Å²) < 4.78 is 0. The maximum Gasteiger partial charge on any atom is 0.279 e. The van der Waals surface area contributed by atoms with E-state index in [4.69, 9.17) is 0 Å². The van der Waals surface area contributed by atoms with E-state index in [0.717, 1.165) is 11.3 Å². The summed E-state index contributed by atoms with van der Waals surface area (Å²) in [4.78, 5) is 30.7. The van der Waals surface area contributed by atoms with Crippen LogP contribution in [0.25, 0.3) is 5.57 Å². The van der Waals surface area contributed by atoms with Crippen molar-refractivity contribution in [1.29, 1.82) is 0 Å². The van der Waals surface area contributed by atoms with Gasteiger partial charge in [0.2, 0.25) is 11.0 Å². The number of anilines is 1. The number of hydrazone groups is 1. The molecule has 0 saturated heterocycles. The van der Waals surface area contributed by atoms with Crippen molar-refractivity contribution in [3.8, 4) is 5.88 Å². The van der Waals surface area contributed by atoms with Crippen LogP contribution in [0.4, 0.5) is 10.8 Å². The summed E-state index contributed by atoms with van der Waals surface area (Å²) >= 11 is 1.07. The van der Waals surface area contributed by atoms with Crippen LogP contribution in [0.3, 0.4) is 0 Å². The minimum Gasteiger partial charge on any atom is -0.492 e. The van der Waals surface area contributed by atoms with Gasteiger partial charge in [-0.1, -0.05) is 29.5 Å². The van der Waals surface area contributed by atoms with E-state index in [0.29, 0.717) is 26.6 Å². The highest BCUT2D eigenvalue weighted by Crippen LogP contribution is 2.33. The Balaban J connectivity index is 1.57. The summed E-state index contributed by atoms with van der Waals surface area (Å²) in [5.74, 6) is -0.714. The second kappa shape index (κ2) is 7.00. The third kappa shape index (κ3) is 3.23. The topological polar surface area (TPSA) is 130 Å². The van der Waals surface area contributed by atoms with Crippen LogP contribution in [0.2, 0.25) is 0 Å². The Morgan fingerprint density at radius 2 is 1.93 bits per heavy atom. The van der Waals surface area contributed by atoms with Crippen molar-refractivity contribution in [3.05, 3.63) is 79.7 Å². The normalized spacial score (nSPS) is 12.9. The van der Waals surface area contributed by atoms with E-state index in [2.05, 4.69) is 20.5 Å². The number of aromatic hydroxyl groups is 1. The molecule has 0 saturated carbocycles. The Kier molecular flexibility index (Phi) is 4.38. The molecule has 2 heterocycles. The summed E-state index contributed by atoms with van der Waals surface area (Å²) in [6, 6.07) is 12.9. The van der Waals surface area contributed by atoms with E-state index < -0.39 is 10.8 Å². The molecule has 0 aliphatic carbocycles. The van der Waals surface area contributed by atoms with Crippen LogP contribution >= 0.6 is 11.3 Å². The number of non-ortho nitro benzene ring substituents is 1. The van der Waals surface area contributed by atoms with E-state index in [1.54, 1.807) is 36.4 Å². The van der Waals surface area contributed by atoms with Crippen molar-refractivity contribution in [1.82, 2.24) is 4.98 Å². The molecule has 9 nitrogen and oxygen atoms in total. The molecule has 0 fully saturated rings. The van der Waals surface area contributed by atoms with Crippen LogP contribution in [-0.2, 0) is 4.79 Å². The molecule has 1 amide bonds. The Morgan fingerprint density at radius 1 is 1.18 bits per heavy atom. The molecular formula is C18H11N5O4S. The van der Waals surface area contributed by atoms with Gasteiger partial charge in [0, 0.05) is 17.4 Å². The summed E-state index contributed by atoms with van der Waals surface area (Å²) in [5, 5.41) is 26.3. The van der Waals surface area contributed by atoms with Crippen molar-refractivity contribution in [2.24, 2.45) is 10.1 Å². The molecule has 0 bridgehead atoms. The lowest BCUT2D eigenvalue weighted by Crippen LogP contribution is -2.22. The fourth-order valence-electron chi connectivity index (χ4n) is 2.65. The van der Waals surface area contributed by atoms with Gasteiger partial charge in [0.1, 0.15) is 4.88 Å². The van der Waals surface area contributed by atoms with Crippen molar-refractivity contribution in [3.63, 3.8) is 0 Å². The summed E-state index contributed by atoms with van der Waals surface area (Å²) in [6.07, 6.45) is 1.46. The van der Waals surface area contributed by atoms with Gasteiger partial charge in [-0.15, -0.1) is 0 Å². The molecule has 10 heteroatoms. The van der Waals surface area contributed by atoms with E-state index in [1.807, 2.05) is 0 Å². The maximum absolute atomic E-state index is 12.2. The van der Waals surface area contributed by atoms with Crippen molar-refractivity contribution in [2.75, 3.05) is 5.43 Å². The molecule has 1 aliphatic rings. The second-order valence-corrected chi connectivity index (χ2v) is 6.70. The number of rotatable bonds is 5. The standard InChI is InChI=1S/C18H11N5O4S/c24-16-14(12-3-1-2-4-13(12)20-16)15-17(25)21-18(28-15)22-19-9-10-5-7-11(8-6-10)23(26)27/h1-9,25H,(H,21,22)/b19-9+. The van der Waals surface area contributed by atoms with Crippen LogP contribution in [-0.4, -0.2) is 27.1 Å². The molecule has 1 aromatic heterocycles. The second-order valence-electron chi connectivity index (χ2n) is 5.70. The summed E-state index contributed by atoms with van der Waals surface area (Å²) in [7, 11) is 0. The van der Waals surface area contributed by atoms with Gasteiger partial charge < -0.3 is 5.11 Å². The number of nitrogens with zero attached hydrogens (tertiary/aromatic N) is 4. The molecular weight excluding hydrogens is 382 g/mol. The number of hydrogen-bond acceptors (Lipinski definition) is 8. The molecule has 2 aromatic carbocycles. The highest BCUT2D eigenvalue weighted by molar-refractivity contribution is 7.17. The smallest absolute Gasteiger partial charge is 0.279 e. The van der Waals surface area contributed by atoms with E-state index in [1.165, 1.54) is 18.3 Å². The molecule has 28 heavy (non-hydrogen) atoms. The number of carbonyl (C=O) groups is 1. The molecule has 0 atom stereocenters. The number of nitro benzene ring substituents is 1. The highest BCUT2D eigenvalue weighted by atomic mass is 32.1. The first kappa shape index (κ1) is 17.5. The number of aromatic nitrogens is 1. The number of hydrogen-bond donors (Lipinski definition) is 2. The van der Waals surface area contributed by atoms with Crippen LogP contribution < -0.4 is 16.0 Å². The molecule has 4 rings (SSSR count). The minimum atomic E-state index is -0.481. The van der Waals surface area contributed by atoms with Gasteiger partial charge in [0.15, 0.2) is 0 Å².